The van der Waals surface area contributed by atoms with E-state index in [2.05, 4.69) is 21.8 Å². The van der Waals surface area contributed by atoms with Crippen LogP contribution in [-0.4, -0.2) is 28.1 Å². The lowest BCUT2D eigenvalue weighted by Gasteiger charge is -2.18. The first-order valence-electron chi connectivity index (χ1n) is 8.04. The SMILES string of the molecule is O=S(=O)(Cc1ccc(Cl)cc1)NCC1CCN(c2ccccc2)C1. The third-order valence-electron chi connectivity index (χ3n) is 4.27. The normalized spacial score (nSPS) is 18.0. The Balaban J connectivity index is 1.51. The van der Waals surface area contributed by atoms with Gasteiger partial charge in [0.05, 0.1) is 5.75 Å². The van der Waals surface area contributed by atoms with E-state index in [0.717, 1.165) is 25.1 Å². The molecule has 2 aromatic rings. The van der Waals surface area contributed by atoms with Crippen molar-refractivity contribution in [1.82, 2.24) is 4.72 Å². The Morgan fingerprint density at radius 1 is 1.08 bits per heavy atom. The van der Waals surface area contributed by atoms with Gasteiger partial charge in [-0.3, -0.25) is 0 Å². The third kappa shape index (κ3) is 4.72. The molecule has 0 amide bonds. The minimum Gasteiger partial charge on any atom is -0.371 e. The maximum Gasteiger partial charge on any atom is 0.215 e. The number of anilines is 1. The number of benzene rings is 2. The highest BCUT2D eigenvalue weighted by Crippen LogP contribution is 2.23. The van der Waals surface area contributed by atoms with Crippen molar-refractivity contribution in [3.63, 3.8) is 0 Å². The summed E-state index contributed by atoms with van der Waals surface area (Å²) < 4.78 is 27.2. The van der Waals surface area contributed by atoms with Crippen molar-refractivity contribution in [2.75, 3.05) is 24.5 Å². The van der Waals surface area contributed by atoms with Gasteiger partial charge in [0.2, 0.25) is 10.0 Å². The van der Waals surface area contributed by atoms with Crippen molar-refractivity contribution < 1.29 is 8.42 Å². The fourth-order valence-corrected chi connectivity index (χ4v) is 4.32. The molecule has 1 unspecified atom stereocenters. The summed E-state index contributed by atoms with van der Waals surface area (Å²) in [5.74, 6) is 0.324. The van der Waals surface area contributed by atoms with Gasteiger partial charge in [0, 0.05) is 30.3 Å². The molecule has 1 aliphatic heterocycles. The van der Waals surface area contributed by atoms with E-state index in [9.17, 15) is 8.42 Å². The first kappa shape index (κ1) is 17.3. The van der Waals surface area contributed by atoms with Crippen molar-refractivity contribution in [2.45, 2.75) is 12.2 Å². The zero-order valence-electron chi connectivity index (χ0n) is 13.4. The quantitative estimate of drug-likeness (QED) is 0.855. The average Bonchev–Trinajstić information content (AvgIpc) is 3.05. The molecule has 3 rings (SSSR count). The van der Waals surface area contributed by atoms with E-state index < -0.39 is 10.0 Å². The monoisotopic (exact) mass is 364 g/mol. The first-order valence-corrected chi connectivity index (χ1v) is 10.1. The highest BCUT2D eigenvalue weighted by molar-refractivity contribution is 7.88. The van der Waals surface area contributed by atoms with Gasteiger partial charge in [-0.1, -0.05) is 41.9 Å². The summed E-state index contributed by atoms with van der Waals surface area (Å²) in [4.78, 5) is 2.30. The van der Waals surface area contributed by atoms with Crippen LogP contribution >= 0.6 is 11.6 Å². The molecule has 1 fully saturated rings. The van der Waals surface area contributed by atoms with Gasteiger partial charge in [-0.05, 0) is 42.2 Å². The Morgan fingerprint density at radius 2 is 1.79 bits per heavy atom. The van der Waals surface area contributed by atoms with Crippen molar-refractivity contribution in [3.05, 3.63) is 65.2 Å². The summed E-state index contributed by atoms with van der Waals surface area (Å²) in [6.07, 6.45) is 0.998. The van der Waals surface area contributed by atoms with Crippen LogP contribution in [0.5, 0.6) is 0 Å². The Kier molecular flexibility index (Phi) is 5.43. The number of sulfonamides is 1. The molecule has 1 saturated heterocycles. The largest absolute Gasteiger partial charge is 0.371 e. The maximum atomic E-state index is 12.2. The lowest BCUT2D eigenvalue weighted by Crippen LogP contribution is -2.31. The van der Waals surface area contributed by atoms with E-state index in [-0.39, 0.29) is 5.75 Å². The van der Waals surface area contributed by atoms with Gasteiger partial charge in [0.1, 0.15) is 0 Å². The second-order valence-electron chi connectivity index (χ2n) is 6.17. The van der Waals surface area contributed by atoms with E-state index in [1.54, 1.807) is 24.3 Å². The second kappa shape index (κ2) is 7.55. The van der Waals surface area contributed by atoms with E-state index >= 15 is 0 Å². The summed E-state index contributed by atoms with van der Waals surface area (Å²) in [7, 11) is -3.33. The van der Waals surface area contributed by atoms with Crippen molar-refractivity contribution in [1.29, 1.82) is 0 Å². The molecule has 1 heterocycles. The van der Waals surface area contributed by atoms with Crippen LogP contribution in [0.1, 0.15) is 12.0 Å². The summed E-state index contributed by atoms with van der Waals surface area (Å²) in [5.41, 5.74) is 1.94. The van der Waals surface area contributed by atoms with Crippen molar-refractivity contribution in [3.8, 4) is 0 Å². The molecule has 1 aliphatic rings. The minimum atomic E-state index is -3.33. The zero-order chi connectivity index (χ0) is 17.0. The molecule has 0 aromatic heterocycles. The molecule has 0 aliphatic carbocycles. The minimum absolute atomic E-state index is 0.0146. The van der Waals surface area contributed by atoms with Crippen LogP contribution in [0.3, 0.4) is 0 Å². The smallest absolute Gasteiger partial charge is 0.215 e. The van der Waals surface area contributed by atoms with Crippen LogP contribution in [0, 0.1) is 5.92 Å². The molecule has 128 valence electrons. The number of nitrogens with one attached hydrogen (secondary N) is 1. The van der Waals surface area contributed by atoms with E-state index in [0.29, 0.717) is 17.5 Å². The van der Waals surface area contributed by atoms with Gasteiger partial charge >= 0.3 is 0 Å². The van der Waals surface area contributed by atoms with E-state index in [1.807, 2.05) is 18.2 Å². The number of nitrogens with zero attached hydrogens (tertiary/aromatic N) is 1. The van der Waals surface area contributed by atoms with Crippen LogP contribution in [0.15, 0.2) is 54.6 Å². The lowest BCUT2D eigenvalue weighted by molar-refractivity contribution is 0.541. The second-order valence-corrected chi connectivity index (χ2v) is 8.41. The number of hydrogen-bond acceptors (Lipinski definition) is 3. The molecule has 1 atom stereocenters. The highest BCUT2D eigenvalue weighted by atomic mass is 35.5. The highest BCUT2D eigenvalue weighted by Gasteiger charge is 2.24. The number of para-hydroxylation sites is 1. The predicted molar refractivity (Wildman–Crippen MR) is 98.8 cm³/mol. The van der Waals surface area contributed by atoms with Gasteiger partial charge < -0.3 is 4.90 Å². The van der Waals surface area contributed by atoms with Crippen LogP contribution in [0.25, 0.3) is 0 Å². The molecule has 0 radical (unpaired) electrons. The molecule has 0 saturated carbocycles. The van der Waals surface area contributed by atoms with Gasteiger partial charge in [-0.2, -0.15) is 0 Å². The zero-order valence-corrected chi connectivity index (χ0v) is 14.9. The Labute approximate surface area is 148 Å². The molecule has 0 spiro atoms. The predicted octanol–water partition coefficient (Wildman–Crippen LogP) is 3.29. The van der Waals surface area contributed by atoms with Crippen molar-refractivity contribution in [2.24, 2.45) is 5.92 Å². The molecular formula is C18H21ClN2O2S. The molecule has 1 N–H and O–H groups in total. The summed E-state index contributed by atoms with van der Waals surface area (Å²) in [5, 5.41) is 0.607. The molecule has 2 aromatic carbocycles. The Bertz CT molecular complexity index is 763. The Morgan fingerprint density at radius 3 is 2.50 bits per heavy atom. The number of hydrogen-bond donors (Lipinski definition) is 1. The fraction of sp³-hybridized carbons (Fsp3) is 0.333. The third-order valence-corrected chi connectivity index (χ3v) is 5.84. The van der Waals surface area contributed by atoms with Gasteiger partial charge in [0.25, 0.3) is 0 Å². The lowest BCUT2D eigenvalue weighted by atomic mass is 10.1. The number of halogens is 1. The van der Waals surface area contributed by atoms with Gasteiger partial charge in [-0.15, -0.1) is 0 Å². The van der Waals surface area contributed by atoms with Crippen LogP contribution in [0.4, 0.5) is 5.69 Å². The van der Waals surface area contributed by atoms with Crippen molar-refractivity contribution >= 4 is 27.3 Å². The average molecular weight is 365 g/mol. The molecule has 24 heavy (non-hydrogen) atoms. The molecule has 4 nitrogen and oxygen atoms in total. The maximum absolute atomic E-state index is 12.2. The fourth-order valence-electron chi connectivity index (χ4n) is 2.97. The van der Waals surface area contributed by atoms with Gasteiger partial charge in [-0.25, -0.2) is 13.1 Å². The molecule has 6 heteroatoms. The molecular weight excluding hydrogens is 344 g/mol. The van der Waals surface area contributed by atoms with E-state index in [1.165, 1.54) is 5.69 Å². The standard InChI is InChI=1S/C18H21ClN2O2S/c19-17-8-6-15(7-9-17)14-24(22,23)20-12-16-10-11-21(13-16)18-4-2-1-3-5-18/h1-9,16,20H,10-14H2. The summed E-state index contributed by atoms with van der Waals surface area (Å²) in [6, 6.07) is 17.1. The first-order chi connectivity index (χ1) is 11.5. The molecule has 0 bridgehead atoms. The van der Waals surface area contributed by atoms with Crippen LogP contribution in [-0.2, 0) is 15.8 Å². The Hall–Kier alpha value is -1.56. The van der Waals surface area contributed by atoms with Crippen LogP contribution in [0.2, 0.25) is 5.02 Å². The summed E-state index contributed by atoms with van der Waals surface area (Å²) >= 11 is 5.82. The topological polar surface area (TPSA) is 49.4 Å². The van der Waals surface area contributed by atoms with Crippen LogP contribution < -0.4 is 9.62 Å². The summed E-state index contributed by atoms with van der Waals surface area (Å²) in [6.45, 7) is 2.33. The van der Waals surface area contributed by atoms with Gasteiger partial charge in [0.15, 0.2) is 0 Å². The van der Waals surface area contributed by atoms with E-state index in [4.69, 9.17) is 11.6 Å². The number of rotatable bonds is 6.